The predicted molar refractivity (Wildman–Crippen MR) is 68.8 cm³/mol. The lowest BCUT2D eigenvalue weighted by molar-refractivity contribution is 0.803. The summed E-state index contributed by atoms with van der Waals surface area (Å²) in [6.45, 7) is 2.55. The normalized spacial score (nSPS) is 12.9. The summed E-state index contributed by atoms with van der Waals surface area (Å²) in [6, 6.07) is 3.92. The molecule has 5 nitrogen and oxygen atoms in total. The summed E-state index contributed by atoms with van der Waals surface area (Å²) < 4.78 is 0.899. The Morgan fingerprint density at radius 3 is 2.69 bits per heavy atom. The minimum atomic E-state index is -0.203. The molecule has 2 rings (SSSR count). The van der Waals surface area contributed by atoms with Crippen LogP contribution < -0.4 is 16.7 Å². The third-order valence-electron chi connectivity index (χ3n) is 2.36. The van der Waals surface area contributed by atoms with Gasteiger partial charge in [0.15, 0.2) is 0 Å². The van der Waals surface area contributed by atoms with Crippen molar-refractivity contribution < 1.29 is 0 Å². The highest BCUT2D eigenvalue weighted by Crippen LogP contribution is 2.26. The van der Waals surface area contributed by atoms with Crippen molar-refractivity contribution in [3.63, 3.8) is 0 Å². The Kier molecular flexibility index (Phi) is 3.02. The van der Waals surface area contributed by atoms with Crippen LogP contribution in [-0.2, 0) is 0 Å². The summed E-state index contributed by atoms with van der Waals surface area (Å²) in [6.07, 6.45) is 0. The number of imidazole rings is 1. The van der Waals surface area contributed by atoms with Crippen LogP contribution in [0, 0.1) is 0 Å². The third-order valence-corrected chi connectivity index (χ3v) is 3.02. The molecule has 0 amide bonds. The van der Waals surface area contributed by atoms with E-state index in [-0.39, 0.29) is 11.7 Å². The number of hydrogen-bond donors (Lipinski definition) is 4. The number of benzene rings is 1. The van der Waals surface area contributed by atoms with Crippen molar-refractivity contribution in [1.82, 2.24) is 9.97 Å². The number of aromatic nitrogens is 2. The first kappa shape index (κ1) is 11.2. The molecule has 6 heteroatoms. The molecule has 1 heterocycles. The SMILES string of the molecule is CC(CN)Nc1cc2[nH]c(=O)[nH]c2cc1Br. The number of fused-ring (bicyclic) bond motifs is 1. The molecule has 0 spiro atoms. The molecule has 16 heavy (non-hydrogen) atoms. The van der Waals surface area contributed by atoms with Gasteiger partial charge in [0.05, 0.1) is 16.7 Å². The molecule has 0 saturated heterocycles. The second kappa shape index (κ2) is 4.31. The van der Waals surface area contributed by atoms with Gasteiger partial charge in [-0.2, -0.15) is 0 Å². The highest BCUT2D eigenvalue weighted by molar-refractivity contribution is 9.10. The zero-order chi connectivity index (χ0) is 11.7. The van der Waals surface area contributed by atoms with Crippen LogP contribution in [0.4, 0.5) is 5.69 Å². The molecule has 86 valence electrons. The quantitative estimate of drug-likeness (QED) is 0.687. The van der Waals surface area contributed by atoms with E-state index in [0.717, 1.165) is 21.2 Å². The van der Waals surface area contributed by atoms with Gasteiger partial charge in [-0.3, -0.25) is 0 Å². The molecule has 1 unspecified atom stereocenters. The second-order valence-electron chi connectivity index (χ2n) is 3.74. The van der Waals surface area contributed by atoms with Crippen LogP contribution in [0.5, 0.6) is 0 Å². The van der Waals surface area contributed by atoms with Crippen LogP contribution in [0.3, 0.4) is 0 Å². The molecule has 5 N–H and O–H groups in total. The molecule has 1 aromatic heterocycles. The monoisotopic (exact) mass is 284 g/mol. The second-order valence-corrected chi connectivity index (χ2v) is 4.59. The standard InChI is InChI=1S/C10H13BrN4O/c1-5(4-12)13-7-3-9-8(2-6(7)11)14-10(16)15-9/h2-3,5,13H,4,12H2,1H3,(H2,14,15,16). The summed E-state index contributed by atoms with van der Waals surface area (Å²) in [5.41, 5.74) is 7.82. The van der Waals surface area contributed by atoms with Gasteiger partial charge in [0.2, 0.25) is 0 Å². The fourth-order valence-electron chi connectivity index (χ4n) is 1.49. The molecule has 0 saturated carbocycles. The van der Waals surface area contributed by atoms with E-state index in [1.54, 1.807) is 0 Å². The number of aromatic amines is 2. The maximum Gasteiger partial charge on any atom is 0.323 e. The van der Waals surface area contributed by atoms with Gasteiger partial charge in [-0.15, -0.1) is 0 Å². The van der Waals surface area contributed by atoms with E-state index < -0.39 is 0 Å². The lowest BCUT2D eigenvalue weighted by Crippen LogP contribution is -2.25. The molecule has 0 aliphatic carbocycles. The van der Waals surface area contributed by atoms with Crippen molar-refractivity contribution in [2.45, 2.75) is 13.0 Å². The van der Waals surface area contributed by atoms with Crippen molar-refractivity contribution in [1.29, 1.82) is 0 Å². The van der Waals surface area contributed by atoms with E-state index in [0.29, 0.717) is 6.54 Å². The zero-order valence-corrected chi connectivity index (χ0v) is 10.4. The summed E-state index contributed by atoms with van der Waals surface area (Å²) >= 11 is 3.45. The molecular formula is C10H13BrN4O. The Morgan fingerprint density at radius 1 is 1.44 bits per heavy atom. The first-order valence-electron chi connectivity index (χ1n) is 4.98. The molecular weight excluding hydrogens is 272 g/mol. The van der Waals surface area contributed by atoms with Gasteiger partial charge in [-0.1, -0.05) is 0 Å². The lowest BCUT2D eigenvalue weighted by Gasteiger charge is -2.14. The van der Waals surface area contributed by atoms with Gasteiger partial charge < -0.3 is 21.0 Å². The lowest BCUT2D eigenvalue weighted by atomic mass is 10.2. The number of nitrogens with two attached hydrogens (primary N) is 1. The first-order chi connectivity index (χ1) is 7.60. The topological polar surface area (TPSA) is 86.7 Å². The minimum absolute atomic E-state index is 0.180. The number of hydrogen-bond acceptors (Lipinski definition) is 3. The van der Waals surface area contributed by atoms with Crippen LogP contribution in [0.2, 0.25) is 0 Å². The predicted octanol–water partition coefficient (Wildman–Crippen LogP) is 1.38. The molecule has 0 aliphatic heterocycles. The Morgan fingerprint density at radius 2 is 2.06 bits per heavy atom. The number of nitrogens with one attached hydrogen (secondary N) is 3. The van der Waals surface area contributed by atoms with Crippen LogP contribution in [0.25, 0.3) is 11.0 Å². The summed E-state index contributed by atoms with van der Waals surface area (Å²) in [5.74, 6) is 0. The molecule has 0 fully saturated rings. The zero-order valence-electron chi connectivity index (χ0n) is 8.80. The number of halogens is 1. The Balaban J connectivity index is 2.45. The molecule has 0 radical (unpaired) electrons. The Labute approximate surface area is 101 Å². The molecule has 0 aliphatic rings. The summed E-state index contributed by atoms with van der Waals surface area (Å²) in [7, 11) is 0. The van der Waals surface area contributed by atoms with E-state index in [2.05, 4.69) is 31.2 Å². The number of rotatable bonds is 3. The molecule has 1 atom stereocenters. The Bertz CT molecular complexity index is 559. The first-order valence-corrected chi connectivity index (χ1v) is 5.77. The van der Waals surface area contributed by atoms with Gasteiger partial charge >= 0.3 is 5.69 Å². The molecule has 0 bridgehead atoms. The van der Waals surface area contributed by atoms with E-state index in [9.17, 15) is 4.79 Å². The van der Waals surface area contributed by atoms with E-state index >= 15 is 0 Å². The summed E-state index contributed by atoms with van der Waals surface area (Å²) in [4.78, 5) is 16.5. The molecule has 2 aromatic rings. The maximum atomic E-state index is 11.1. The summed E-state index contributed by atoms with van der Waals surface area (Å²) in [5, 5.41) is 3.25. The van der Waals surface area contributed by atoms with Gasteiger partial charge in [-0.05, 0) is 35.0 Å². The van der Waals surface area contributed by atoms with E-state index in [4.69, 9.17) is 5.73 Å². The van der Waals surface area contributed by atoms with Crippen LogP contribution in [-0.4, -0.2) is 22.6 Å². The van der Waals surface area contributed by atoms with E-state index in [1.165, 1.54) is 0 Å². The van der Waals surface area contributed by atoms with Crippen LogP contribution in [0.15, 0.2) is 21.4 Å². The number of H-pyrrole nitrogens is 2. The average molecular weight is 285 g/mol. The minimum Gasteiger partial charge on any atom is -0.380 e. The largest absolute Gasteiger partial charge is 0.380 e. The highest BCUT2D eigenvalue weighted by atomic mass is 79.9. The third kappa shape index (κ3) is 2.12. The number of anilines is 1. The van der Waals surface area contributed by atoms with Crippen molar-refractivity contribution in [2.24, 2.45) is 5.73 Å². The van der Waals surface area contributed by atoms with Crippen molar-refractivity contribution >= 4 is 32.7 Å². The van der Waals surface area contributed by atoms with Crippen molar-refractivity contribution in [3.05, 3.63) is 27.1 Å². The van der Waals surface area contributed by atoms with Crippen molar-refractivity contribution in [2.75, 3.05) is 11.9 Å². The van der Waals surface area contributed by atoms with E-state index in [1.807, 2.05) is 19.1 Å². The fraction of sp³-hybridized carbons (Fsp3) is 0.300. The van der Waals surface area contributed by atoms with Gasteiger partial charge in [0, 0.05) is 17.1 Å². The smallest absolute Gasteiger partial charge is 0.323 e. The van der Waals surface area contributed by atoms with Gasteiger partial charge in [-0.25, -0.2) is 4.79 Å². The van der Waals surface area contributed by atoms with Crippen LogP contribution >= 0.6 is 15.9 Å². The maximum absolute atomic E-state index is 11.1. The fourth-order valence-corrected chi connectivity index (χ4v) is 1.95. The van der Waals surface area contributed by atoms with Gasteiger partial charge in [0.25, 0.3) is 0 Å². The van der Waals surface area contributed by atoms with Crippen LogP contribution in [0.1, 0.15) is 6.92 Å². The molecule has 1 aromatic carbocycles. The van der Waals surface area contributed by atoms with Crippen molar-refractivity contribution in [3.8, 4) is 0 Å². The van der Waals surface area contributed by atoms with Gasteiger partial charge in [0.1, 0.15) is 0 Å². The Hall–Kier alpha value is -1.27. The average Bonchev–Trinajstić information content (AvgIpc) is 2.58. The highest BCUT2D eigenvalue weighted by Gasteiger charge is 2.07.